The van der Waals surface area contributed by atoms with Gasteiger partial charge in [-0.15, -0.1) is 0 Å². The summed E-state index contributed by atoms with van der Waals surface area (Å²) in [5.41, 5.74) is -1.35. The van der Waals surface area contributed by atoms with Crippen molar-refractivity contribution in [3.63, 3.8) is 0 Å². The summed E-state index contributed by atoms with van der Waals surface area (Å²) in [6.07, 6.45) is -7.82. The Labute approximate surface area is 630 Å². The number of benzene rings is 3. The highest BCUT2D eigenvalue weighted by molar-refractivity contribution is 6.31. The van der Waals surface area contributed by atoms with Crippen LogP contribution in [0.5, 0.6) is 0 Å². The van der Waals surface area contributed by atoms with Gasteiger partial charge in [-0.3, -0.25) is 57.5 Å². The maximum Gasteiger partial charge on any atom is 0.417 e. The zero-order chi connectivity index (χ0) is 80.2. The zero-order valence-electron chi connectivity index (χ0n) is 64.7. The number of rotatable bonds is 15. The minimum Gasteiger partial charge on any atom is -0.347 e. The smallest absolute Gasteiger partial charge is 0.347 e. The third kappa shape index (κ3) is 21.1. The lowest BCUT2D eigenvalue weighted by Crippen LogP contribution is -2.65. The maximum absolute atomic E-state index is 15.7. The van der Waals surface area contributed by atoms with E-state index >= 15 is 24.0 Å². The van der Waals surface area contributed by atoms with Crippen molar-refractivity contribution in [1.82, 2.24) is 60.0 Å². The number of carbonyl (C=O) groups is 12. The molecule has 12 amide bonds. The Morgan fingerprint density at radius 3 is 1.73 bits per heavy atom. The lowest BCUT2D eigenvalue weighted by atomic mass is 9.90. The molecule has 3 aromatic rings. The van der Waals surface area contributed by atoms with Gasteiger partial charge in [0.15, 0.2) is 0 Å². The van der Waals surface area contributed by atoms with Crippen molar-refractivity contribution in [2.45, 2.75) is 211 Å². The second-order valence-electron chi connectivity index (χ2n) is 29.9. The fourth-order valence-electron chi connectivity index (χ4n) is 14.1. The minimum atomic E-state index is -4.83. The molecule has 3 aromatic carbocycles. The third-order valence-electron chi connectivity index (χ3n) is 21.7. The Hall–Kier alpha value is -8.76. The number of nitrogens with zero attached hydrogens (tertiary/aromatic N) is 9. The van der Waals surface area contributed by atoms with Crippen LogP contribution in [-0.2, 0) is 83.0 Å². The molecule has 3 aliphatic rings. The Morgan fingerprint density at radius 2 is 1.21 bits per heavy atom. The Balaban J connectivity index is 1.52. The van der Waals surface area contributed by atoms with Gasteiger partial charge in [0, 0.05) is 88.4 Å². The summed E-state index contributed by atoms with van der Waals surface area (Å²) in [6, 6.07) is 2.57. The number of aryl methyl sites for hydroxylation is 2. The van der Waals surface area contributed by atoms with Crippen LogP contribution >= 0.6 is 11.6 Å². The van der Waals surface area contributed by atoms with E-state index in [4.69, 9.17) is 11.6 Å². The molecule has 2 aliphatic heterocycles. The van der Waals surface area contributed by atoms with Gasteiger partial charge in [-0.2, -0.15) is 13.2 Å². The minimum absolute atomic E-state index is 0.0115. The highest BCUT2D eigenvalue weighted by Crippen LogP contribution is 2.37. The molecule has 0 radical (unpaired) electrons. The summed E-state index contributed by atoms with van der Waals surface area (Å²) in [6.45, 7) is 13.3. The largest absolute Gasteiger partial charge is 0.417 e. The number of likely N-dealkylation sites (N-methyl/N-ethyl adjacent to an activating group) is 8. The van der Waals surface area contributed by atoms with Gasteiger partial charge < -0.3 is 60.0 Å². The van der Waals surface area contributed by atoms with Gasteiger partial charge in [0.05, 0.1) is 23.6 Å². The van der Waals surface area contributed by atoms with Crippen molar-refractivity contribution in [1.29, 1.82) is 0 Å². The molecule has 1 spiro atoms. The van der Waals surface area contributed by atoms with Crippen LogP contribution in [0.15, 0.2) is 66.7 Å². The van der Waals surface area contributed by atoms with Crippen LogP contribution in [0.3, 0.4) is 0 Å². The molecule has 0 aromatic heterocycles. The summed E-state index contributed by atoms with van der Waals surface area (Å²) in [4.78, 5) is 191. The topological polar surface area (TPSA) is 270 Å². The Morgan fingerprint density at radius 1 is 0.645 bits per heavy atom. The molecule has 1 unspecified atom stereocenters. The Kier molecular flexibility index (Phi) is 30.4. The van der Waals surface area contributed by atoms with Gasteiger partial charge in [-0.25, -0.2) is 8.78 Å². The number of hydrogen-bond acceptors (Lipinski definition) is 12. The molecule has 107 heavy (non-hydrogen) atoms. The number of nitrogens with one attached hydrogen (secondary N) is 3. The zero-order valence-corrected chi connectivity index (χ0v) is 65.4. The number of halogens is 6. The van der Waals surface area contributed by atoms with E-state index in [9.17, 15) is 55.5 Å². The van der Waals surface area contributed by atoms with Crippen molar-refractivity contribution in [3.8, 4) is 0 Å². The first-order valence-corrected chi connectivity index (χ1v) is 37.0. The molecular weight excluding hydrogens is 1420 g/mol. The van der Waals surface area contributed by atoms with Crippen molar-refractivity contribution in [2.75, 3.05) is 76.5 Å². The van der Waals surface area contributed by atoms with E-state index in [0.29, 0.717) is 24.8 Å². The number of amides is 12. The lowest BCUT2D eigenvalue weighted by Gasteiger charge is -2.45. The average molecular weight is 1520 g/mol. The molecule has 0 bridgehead atoms. The summed E-state index contributed by atoms with van der Waals surface area (Å²) < 4.78 is 70.1. The molecule has 30 heteroatoms. The van der Waals surface area contributed by atoms with E-state index in [2.05, 4.69) is 16.0 Å². The first kappa shape index (κ1) is 87.2. The van der Waals surface area contributed by atoms with Gasteiger partial charge in [0.1, 0.15) is 59.9 Å². The van der Waals surface area contributed by atoms with E-state index in [1.54, 1.807) is 52.0 Å². The summed E-state index contributed by atoms with van der Waals surface area (Å²) in [5, 5.41) is 7.86. The number of fused-ring (bicyclic) bond motifs is 1. The van der Waals surface area contributed by atoms with Crippen LogP contribution in [0.25, 0.3) is 0 Å². The van der Waals surface area contributed by atoms with Gasteiger partial charge in [-0.05, 0) is 98.9 Å². The number of hydrogen-bond donors (Lipinski definition) is 3. The molecular formula is C77H108ClF5N12O12. The molecule has 1 aliphatic carbocycles. The monoisotopic (exact) mass is 1520 g/mol. The predicted octanol–water partition coefficient (Wildman–Crippen LogP) is 7.09. The number of alkyl halides is 5. The summed E-state index contributed by atoms with van der Waals surface area (Å²) in [5.74, 6) is -10.7. The lowest BCUT2D eigenvalue weighted by molar-refractivity contribution is -0.160. The highest BCUT2D eigenvalue weighted by Gasteiger charge is 2.51. The summed E-state index contributed by atoms with van der Waals surface area (Å²) >= 11 is 6.18. The van der Waals surface area contributed by atoms with Crippen molar-refractivity contribution >= 4 is 82.5 Å². The molecule has 11 atom stereocenters. The molecule has 590 valence electrons. The van der Waals surface area contributed by atoms with Crippen LogP contribution in [0.4, 0.5) is 22.0 Å². The van der Waals surface area contributed by atoms with Crippen molar-refractivity contribution < 1.29 is 79.5 Å². The standard InChI is InChI=1S/C77H108ClF5N12O12/c1-18-46(6)63-73(105)89(12)48(8)68(100)95-37-34-56(95)72(104)92(15)59(41-50-24-22-45(5)23-25-50)71(103)88(11)43-61(96)84-55(33-29-49-28-32-53(54(78)39-49)77(81,82)83)69(101)91(14)58(40-51-26-30-52(31-27-51)65(79)80)67(99)86-76(35-20-21-36-76)75(107)94(17)64(47(7)19-2)74(106)93(16)60(70(102)87(9)10)42-62(97)90(13)57(38-44(3)4)66(98)85-63/h22-28,30-32,39,44,46-48,55-60,63-65H,18-21,29,33-38,40-43H2,1-17H3,(H,84,96)(H,85,98)(H,86,99)/t46-,47-,48-,55-,56?,57-,58-,59-,60-,63-,64-/m0/s1. The molecule has 24 nitrogen and oxygen atoms in total. The predicted molar refractivity (Wildman–Crippen MR) is 392 cm³/mol. The van der Waals surface area contributed by atoms with E-state index in [1.807, 2.05) is 20.8 Å². The van der Waals surface area contributed by atoms with Crippen LogP contribution in [0, 0.1) is 24.7 Å². The highest BCUT2D eigenvalue weighted by atomic mass is 35.5. The van der Waals surface area contributed by atoms with E-state index in [-0.39, 0.29) is 80.5 Å². The van der Waals surface area contributed by atoms with Crippen molar-refractivity contribution in [2.24, 2.45) is 17.8 Å². The van der Waals surface area contributed by atoms with E-state index in [1.165, 1.54) is 112 Å². The van der Waals surface area contributed by atoms with E-state index in [0.717, 1.165) is 50.6 Å². The van der Waals surface area contributed by atoms with Gasteiger partial charge >= 0.3 is 6.18 Å². The Bertz CT molecular complexity index is 3710. The first-order chi connectivity index (χ1) is 50.0. The van der Waals surface area contributed by atoms with Crippen LogP contribution in [0.1, 0.15) is 152 Å². The molecule has 3 N–H and O–H groups in total. The van der Waals surface area contributed by atoms with Crippen LogP contribution < -0.4 is 16.0 Å². The van der Waals surface area contributed by atoms with Crippen LogP contribution in [-0.4, -0.2) is 251 Å². The van der Waals surface area contributed by atoms with Gasteiger partial charge in [0.2, 0.25) is 70.9 Å². The molecule has 1 saturated carbocycles. The fourth-order valence-corrected chi connectivity index (χ4v) is 14.4. The van der Waals surface area contributed by atoms with Gasteiger partial charge in [0.25, 0.3) is 6.43 Å². The first-order valence-electron chi connectivity index (χ1n) is 36.6. The SMILES string of the molecule is CC[C@H](C)[C@@H]1NC(=O)[C@H](CC(C)C)N(C)C(=O)C[C@@H](C(=O)N(C)C)N(C)C(=O)[C@H]([C@@H](C)CC)N(C)C(=O)C2(CCCC2)NC(=O)[C@H](Cc2ccc(C(F)F)cc2)N(C)C(=O)[C@H](CCc2ccc(C(F)(F)F)c(Cl)c2)NC(=O)CN(C)C(=O)[C@H](Cc2ccc(C)cc2)N(C)C(=O)C2CCN2C(=O)[C@H](C)N(C)C1=O. The van der Waals surface area contributed by atoms with Gasteiger partial charge in [-0.1, -0.05) is 139 Å². The molecule has 3 fully saturated rings. The quantitative estimate of drug-likeness (QED) is 0.129. The molecule has 2 heterocycles. The second-order valence-corrected chi connectivity index (χ2v) is 30.3. The second kappa shape index (κ2) is 37.4. The summed E-state index contributed by atoms with van der Waals surface area (Å²) in [7, 11) is 12.2. The van der Waals surface area contributed by atoms with Crippen molar-refractivity contribution in [3.05, 3.63) is 105 Å². The normalized spacial score (nSPS) is 24.6. The fraction of sp³-hybridized carbons (Fsp3) is 0.610. The number of carbonyl (C=O) groups excluding carboxylic acids is 12. The average Bonchev–Trinajstić information content (AvgIpc) is 1.77. The molecule has 6 rings (SSSR count). The van der Waals surface area contributed by atoms with E-state index < -0.39 is 185 Å². The van der Waals surface area contributed by atoms with Crippen LogP contribution in [0.2, 0.25) is 5.02 Å². The molecule has 2 saturated heterocycles. The third-order valence-corrected chi connectivity index (χ3v) is 22.0. The maximum atomic E-state index is 15.7.